The molecule has 15 heavy (non-hydrogen) atoms. The second-order valence-electron chi connectivity index (χ2n) is 3.07. The Labute approximate surface area is 87.1 Å². The van der Waals surface area contributed by atoms with Crippen molar-refractivity contribution in [2.45, 2.75) is 13.5 Å². The van der Waals surface area contributed by atoms with Crippen molar-refractivity contribution in [3.05, 3.63) is 23.8 Å². The van der Waals surface area contributed by atoms with Crippen molar-refractivity contribution in [3.63, 3.8) is 0 Å². The van der Waals surface area contributed by atoms with E-state index in [1.54, 1.807) is 12.1 Å². The highest BCUT2D eigenvalue weighted by Gasteiger charge is 2.26. The largest absolute Gasteiger partial charge is 0.508 e. The number of carboxylic acid groups (broad SMARTS) is 1. The first-order valence-corrected chi connectivity index (χ1v) is 4.31. The van der Waals surface area contributed by atoms with E-state index in [1.165, 1.54) is 6.07 Å². The maximum Gasteiger partial charge on any atom is 0.491 e. The molecular formula is C9H11BO5. The minimum atomic E-state index is -0.864. The highest BCUT2D eigenvalue weighted by Crippen LogP contribution is 2.14. The van der Waals surface area contributed by atoms with Gasteiger partial charge in [0.25, 0.3) is 5.97 Å². The first kappa shape index (κ1) is 11.5. The number of phenols is 1. The topological polar surface area (TPSA) is 87.0 Å². The summed E-state index contributed by atoms with van der Waals surface area (Å²) < 4.78 is 4.92. The van der Waals surface area contributed by atoms with Gasteiger partial charge in [-0.2, -0.15) is 0 Å². The fraction of sp³-hybridized carbons (Fsp3) is 0.222. The molecule has 0 bridgehead atoms. The van der Waals surface area contributed by atoms with Crippen molar-refractivity contribution in [2.24, 2.45) is 0 Å². The van der Waals surface area contributed by atoms with Gasteiger partial charge in [-0.05, 0) is 23.2 Å². The monoisotopic (exact) mass is 210 g/mol. The van der Waals surface area contributed by atoms with E-state index in [1.807, 2.05) is 0 Å². The number of rotatable bonds is 0. The molecule has 0 saturated carbocycles. The van der Waals surface area contributed by atoms with Crippen LogP contribution in [0.3, 0.4) is 0 Å². The van der Waals surface area contributed by atoms with Gasteiger partial charge in [-0.3, -0.25) is 4.79 Å². The van der Waals surface area contributed by atoms with E-state index in [9.17, 15) is 5.02 Å². The van der Waals surface area contributed by atoms with Gasteiger partial charge in [0.15, 0.2) is 0 Å². The van der Waals surface area contributed by atoms with Crippen molar-refractivity contribution < 1.29 is 24.7 Å². The van der Waals surface area contributed by atoms with Crippen LogP contribution in [0.5, 0.6) is 5.75 Å². The minimum Gasteiger partial charge on any atom is -0.508 e. The van der Waals surface area contributed by atoms with Crippen LogP contribution in [0.4, 0.5) is 0 Å². The number of carbonyl (C=O) groups is 1. The molecule has 1 aliphatic rings. The lowest BCUT2D eigenvalue weighted by molar-refractivity contribution is -0.134. The van der Waals surface area contributed by atoms with Crippen LogP contribution in [0, 0.1) is 0 Å². The van der Waals surface area contributed by atoms with Crippen LogP contribution >= 0.6 is 0 Å². The number of aromatic hydroxyl groups is 1. The second-order valence-corrected chi connectivity index (χ2v) is 3.07. The molecule has 1 heterocycles. The molecule has 0 amide bonds. The summed E-state index contributed by atoms with van der Waals surface area (Å²) in [5, 5.41) is 25.6. The fourth-order valence-corrected chi connectivity index (χ4v) is 1.20. The van der Waals surface area contributed by atoms with Crippen LogP contribution in [0.1, 0.15) is 12.5 Å². The average molecular weight is 210 g/mol. The SMILES string of the molecule is CC(=O)O.OB1OCc2ccc(O)cc21. The van der Waals surface area contributed by atoms with Gasteiger partial charge in [0.2, 0.25) is 0 Å². The zero-order valence-electron chi connectivity index (χ0n) is 8.17. The van der Waals surface area contributed by atoms with Crippen LogP contribution in [0.15, 0.2) is 18.2 Å². The summed E-state index contributed by atoms with van der Waals surface area (Å²) in [6.07, 6.45) is 0. The maximum absolute atomic E-state index is 9.17. The number of hydrogen-bond acceptors (Lipinski definition) is 4. The summed E-state index contributed by atoms with van der Waals surface area (Å²) in [6.45, 7) is 1.51. The molecule has 1 aliphatic heterocycles. The molecular weight excluding hydrogens is 199 g/mol. The van der Waals surface area contributed by atoms with E-state index in [2.05, 4.69) is 0 Å². The highest BCUT2D eigenvalue weighted by molar-refractivity contribution is 6.61. The number of carboxylic acids is 1. The Morgan fingerprint density at radius 2 is 2.13 bits per heavy atom. The van der Waals surface area contributed by atoms with E-state index in [0.29, 0.717) is 12.1 Å². The van der Waals surface area contributed by atoms with Gasteiger partial charge in [0.1, 0.15) is 5.75 Å². The summed E-state index contributed by atoms with van der Waals surface area (Å²) in [4.78, 5) is 9.00. The molecule has 80 valence electrons. The maximum atomic E-state index is 9.17. The Balaban J connectivity index is 0.000000245. The third-order valence-electron chi connectivity index (χ3n) is 1.79. The van der Waals surface area contributed by atoms with Gasteiger partial charge in [0.05, 0.1) is 6.61 Å². The Hall–Kier alpha value is -1.53. The van der Waals surface area contributed by atoms with Gasteiger partial charge >= 0.3 is 7.12 Å². The molecule has 3 N–H and O–H groups in total. The zero-order valence-corrected chi connectivity index (χ0v) is 8.17. The zero-order chi connectivity index (χ0) is 11.4. The van der Waals surface area contributed by atoms with E-state index in [4.69, 9.17) is 19.7 Å². The third kappa shape index (κ3) is 3.27. The van der Waals surface area contributed by atoms with Crippen molar-refractivity contribution in [1.82, 2.24) is 0 Å². The molecule has 6 heteroatoms. The number of fused-ring (bicyclic) bond motifs is 1. The van der Waals surface area contributed by atoms with Gasteiger partial charge in [-0.25, -0.2) is 0 Å². The molecule has 0 aliphatic carbocycles. The van der Waals surface area contributed by atoms with Gasteiger partial charge in [-0.15, -0.1) is 0 Å². The van der Waals surface area contributed by atoms with Crippen LogP contribution in [0.2, 0.25) is 0 Å². The quantitative estimate of drug-likeness (QED) is 0.511. The van der Waals surface area contributed by atoms with E-state index in [0.717, 1.165) is 12.5 Å². The second kappa shape index (κ2) is 4.81. The molecule has 5 nitrogen and oxygen atoms in total. The molecule has 0 radical (unpaired) electrons. The normalized spacial score (nSPS) is 12.8. The molecule has 0 saturated heterocycles. The van der Waals surface area contributed by atoms with Crippen LogP contribution in [-0.2, 0) is 16.1 Å². The average Bonchev–Trinajstić information content (AvgIpc) is 2.47. The lowest BCUT2D eigenvalue weighted by atomic mass is 9.79. The number of benzene rings is 1. The minimum absolute atomic E-state index is 0.160. The Bertz CT molecular complexity index is 362. The summed E-state index contributed by atoms with van der Waals surface area (Å²) in [5.41, 5.74) is 1.61. The molecule has 2 rings (SSSR count). The lowest BCUT2D eigenvalue weighted by Crippen LogP contribution is -2.27. The Morgan fingerprint density at radius 3 is 2.73 bits per heavy atom. The first-order valence-electron chi connectivity index (χ1n) is 4.31. The van der Waals surface area contributed by atoms with E-state index < -0.39 is 13.1 Å². The predicted molar refractivity (Wildman–Crippen MR) is 53.8 cm³/mol. The molecule has 0 unspecified atom stereocenters. The van der Waals surface area contributed by atoms with Crippen molar-refractivity contribution >= 4 is 18.6 Å². The third-order valence-corrected chi connectivity index (χ3v) is 1.79. The fourth-order valence-electron chi connectivity index (χ4n) is 1.20. The Kier molecular flexibility index (Phi) is 3.71. The van der Waals surface area contributed by atoms with E-state index >= 15 is 0 Å². The summed E-state index contributed by atoms with van der Waals surface area (Å²) in [7, 11) is -0.864. The predicted octanol–water partition coefficient (Wildman–Crippen LogP) is -0.299. The number of aliphatic carboxylic acids is 1. The van der Waals surface area contributed by atoms with Gasteiger partial charge < -0.3 is 19.9 Å². The van der Waals surface area contributed by atoms with E-state index in [-0.39, 0.29) is 5.75 Å². The van der Waals surface area contributed by atoms with Crippen LogP contribution < -0.4 is 5.46 Å². The van der Waals surface area contributed by atoms with Crippen molar-refractivity contribution in [1.29, 1.82) is 0 Å². The van der Waals surface area contributed by atoms with Crippen LogP contribution in [0.25, 0.3) is 0 Å². The summed E-state index contributed by atoms with van der Waals surface area (Å²) >= 11 is 0. The standard InChI is InChI=1S/C7H7BO3.C2H4O2/c9-6-2-1-5-4-11-8(10)7(5)3-6;1-2(3)4/h1-3,9-10H,4H2;1H3,(H,3,4). The van der Waals surface area contributed by atoms with Gasteiger partial charge in [0, 0.05) is 6.92 Å². The molecule has 1 aromatic carbocycles. The smallest absolute Gasteiger partial charge is 0.491 e. The Morgan fingerprint density at radius 1 is 1.53 bits per heavy atom. The van der Waals surface area contributed by atoms with Crippen molar-refractivity contribution in [2.75, 3.05) is 0 Å². The molecule has 1 aromatic rings. The summed E-state index contributed by atoms with van der Waals surface area (Å²) in [5.74, 6) is -0.673. The highest BCUT2D eigenvalue weighted by atomic mass is 16.5. The molecule has 0 fully saturated rings. The van der Waals surface area contributed by atoms with Crippen LogP contribution in [-0.4, -0.2) is 28.3 Å². The number of hydrogen-bond donors (Lipinski definition) is 3. The van der Waals surface area contributed by atoms with Gasteiger partial charge in [-0.1, -0.05) is 6.07 Å². The molecule has 0 atom stereocenters. The lowest BCUT2D eigenvalue weighted by Gasteiger charge is -1.97. The summed E-state index contributed by atoms with van der Waals surface area (Å²) in [6, 6.07) is 4.86. The molecule has 0 aromatic heterocycles. The first-order chi connectivity index (χ1) is 7.00. The van der Waals surface area contributed by atoms with Crippen molar-refractivity contribution in [3.8, 4) is 5.75 Å². The number of phenolic OH excluding ortho intramolecular Hbond substituents is 1. The molecule has 0 spiro atoms.